The predicted octanol–water partition coefficient (Wildman–Crippen LogP) is 4.26. The second kappa shape index (κ2) is 6.53. The summed E-state index contributed by atoms with van der Waals surface area (Å²) in [6.07, 6.45) is 0. The van der Waals surface area contributed by atoms with Gasteiger partial charge in [0.15, 0.2) is 0 Å². The molecule has 0 fully saturated rings. The number of hydrogen-bond acceptors (Lipinski definition) is 1. The molecule has 0 amide bonds. The fraction of sp³-hybridized carbons (Fsp3) is 0.529. The normalized spacial score (nSPS) is 13.9. The number of rotatable bonds is 5. The van der Waals surface area contributed by atoms with Gasteiger partial charge in [-0.3, -0.25) is 4.90 Å². The molecular formula is C17H29NSi. The van der Waals surface area contributed by atoms with Crippen molar-refractivity contribution in [2.24, 2.45) is 0 Å². The lowest BCUT2D eigenvalue weighted by molar-refractivity contribution is 0.121. The molecule has 0 radical (unpaired) electrons. The molecular weight excluding hydrogens is 246 g/mol. The first-order valence-corrected chi connectivity index (χ1v) is 10.2. The summed E-state index contributed by atoms with van der Waals surface area (Å²) in [5.74, 6) is 0. The maximum Gasteiger partial charge on any atom is 0.0561 e. The molecule has 0 bridgehead atoms. The van der Waals surface area contributed by atoms with Crippen molar-refractivity contribution >= 4 is 8.80 Å². The number of nitrogens with zero attached hydrogens (tertiary/aromatic N) is 1. The highest BCUT2D eigenvalue weighted by Crippen LogP contribution is 2.25. The Balaban J connectivity index is 3.05. The molecule has 106 valence electrons. The first kappa shape index (κ1) is 16.2. The van der Waals surface area contributed by atoms with Gasteiger partial charge in [-0.1, -0.05) is 55.6 Å². The largest absolute Gasteiger partial charge is 0.291 e. The fourth-order valence-corrected chi connectivity index (χ4v) is 5.14. The molecule has 0 N–H and O–H groups in total. The molecule has 1 aromatic rings. The molecule has 1 nitrogen and oxygen atoms in total. The Morgan fingerprint density at radius 3 is 2.11 bits per heavy atom. The van der Waals surface area contributed by atoms with Crippen LogP contribution in [0, 0.1) is 0 Å². The molecule has 0 heterocycles. The highest BCUT2D eigenvalue weighted by molar-refractivity contribution is 6.58. The Labute approximate surface area is 120 Å². The van der Waals surface area contributed by atoms with Crippen LogP contribution in [-0.2, 0) is 6.54 Å². The Kier molecular flexibility index (Phi) is 5.57. The molecule has 1 atom stereocenters. The first-order valence-electron chi connectivity index (χ1n) is 7.19. The molecule has 1 rings (SSSR count). The lowest BCUT2D eigenvalue weighted by Gasteiger charge is -2.44. The third-order valence-corrected chi connectivity index (χ3v) is 5.72. The average Bonchev–Trinajstić information content (AvgIpc) is 2.27. The van der Waals surface area contributed by atoms with Crippen LogP contribution in [0.5, 0.6) is 0 Å². The Hall–Kier alpha value is -0.863. The van der Waals surface area contributed by atoms with Crippen molar-refractivity contribution in [1.29, 1.82) is 0 Å². The van der Waals surface area contributed by atoms with E-state index >= 15 is 0 Å². The van der Waals surface area contributed by atoms with Crippen molar-refractivity contribution < 1.29 is 0 Å². The molecule has 0 aliphatic heterocycles. The minimum Gasteiger partial charge on any atom is -0.291 e. The topological polar surface area (TPSA) is 3.24 Å². The van der Waals surface area contributed by atoms with Crippen LogP contribution >= 0.6 is 0 Å². The zero-order valence-electron chi connectivity index (χ0n) is 13.4. The van der Waals surface area contributed by atoms with Gasteiger partial charge >= 0.3 is 0 Å². The van der Waals surface area contributed by atoms with Crippen LogP contribution in [0.4, 0.5) is 0 Å². The average molecular weight is 276 g/mol. The van der Waals surface area contributed by atoms with Crippen molar-refractivity contribution in [1.82, 2.24) is 4.90 Å². The predicted molar refractivity (Wildman–Crippen MR) is 89.2 cm³/mol. The second-order valence-corrected chi connectivity index (χ2v) is 9.94. The zero-order valence-corrected chi connectivity index (χ0v) is 14.6. The SMILES string of the molecule is C=C(C)C(N(Cc1ccccc1)C(C)(C)C)[SiH](C)C. The Morgan fingerprint density at radius 1 is 1.21 bits per heavy atom. The van der Waals surface area contributed by atoms with Gasteiger partial charge in [0, 0.05) is 17.7 Å². The van der Waals surface area contributed by atoms with E-state index in [1.165, 1.54) is 11.1 Å². The van der Waals surface area contributed by atoms with Gasteiger partial charge in [0.05, 0.1) is 8.80 Å². The van der Waals surface area contributed by atoms with E-state index in [0.717, 1.165) is 6.54 Å². The van der Waals surface area contributed by atoms with Gasteiger partial charge in [0.25, 0.3) is 0 Å². The van der Waals surface area contributed by atoms with Gasteiger partial charge in [0.1, 0.15) is 0 Å². The monoisotopic (exact) mass is 275 g/mol. The van der Waals surface area contributed by atoms with Crippen LogP contribution in [0.1, 0.15) is 33.3 Å². The molecule has 0 spiro atoms. The number of benzene rings is 1. The third-order valence-electron chi connectivity index (χ3n) is 3.53. The summed E-state index contributed by atoms with van der Waals surface area (Å²) in [4.78, 5) is 2.63. The lowest BCUT2D eigenvalue weighted by atomic mass is 10.0. The van der Waals surface area contributed by atoms with E-state index in [2.05, 4.69) is 82.6 Å². The van der Waals surface area contributed by atoms with Crippen LogP contribution in [-0.4, -0.2) is 24.9 Å². The quantitative estimate of drug-likeness (QED) is 0.573. The van der Waals surface area contributed by atoms with E-state index in [-0.39, 0.29) is 5.54 Å². The molecule has 1 unspecified atom stereocenters. The molecule has 0 saturated carbocycles. The molecule has 0 aliphatic carbocycles. The van der Waals surface area contributed by atoms with E-state index in [9.17, 15) is 0 Å². The van der Waals surface area contributed by atoms with Crippen LogP contribution in [0.3, 0.4) is 0 Å². The maximum atomic E-state index is 4.25. The lowest BCUT2D eigenvalue weighted by Crippen LogP contribution is -2.53. The highest BCUT2D eigenvalue weighted by atomic mass is 28.3. The fourth-order valence-electron chi connectivity index (χ4n) is 2.73. The molecule has 19 heavy (non-hydrogen) atoms. The standard InChI is InChI=1S/C17H29NSi/c1-14(2)16(19(6)7)18(17(3,4)5)13-15-11-9-8-10-12-15/h8-12,16,19H,1,13H2,2-7H3. The molecule has 0 saturated heterocycles. The summed E-state index contributed by atoms with van der Waals surface area (Å²) in [7, 11) is -0.816. The van der Waals surface area contributed by atoms with Gasteiger partial charge in [0.2, 0.25) is 0 Å². The van der Waals surface area contributed by atoms with Gasteiger partial charge in [-0.25, -0.2) is 0 Å². The second-order valence-electron chi connectivity index (χ2n) is 6.82. The van der Waals surface area contributed by atoms with Crippen molar-refractivity contribution in [3.05, 3.63) is 48.0 Å². The van der Waals surface area contributed by atoms with E-state index in [0.29, 0.717) is 5.67 Å². The summed E-state index contributed by atoms with van der Waals surface area (Å²) in [6, 6.07) is 10.8. The van der Waals surface area contributed by atoms with Crippen molar-refractivity contribution in [2.75, 3.05) is 0 Å². The molecule has 0 aliphatic rings. The van der Waals surface area contributed by atoms with Crippen LogP contribution in [0.15, 0.2) is 42.5 Å². The zero-order chi connectivity index (χ0) is 14.6. The van der Waals surface area contributed by atoms with E-state index < -0.39 is 8.80 Å². The van der Waals surface area contributed by atoms with Crippen molar-refractivity contribution in [3.63, 3.8) is 0 Å². The number of hydrogen-bond donors (Lipinski definition) is 0. The Morgan fingerprint density at radius 2 is 1.74 bits per heavy atom. The van der Waals surface area contributed by atoms with Crippen LogP contribution < -0.4 is 0 Å². The first-order chi connectivity index (χ1) is 8.73. The molecule has 1 aromatic carbocycles. The van der Waals surface area contributed by atoms with E-state index in [4.69, 9.17) is 0 Å². The summed E-state index contributed by atoms with van der Waals surface area (Å²) in [5.41, 5.74) is 3.42. The van der Waals surface area contributed by atoms with E-state index in [1.54, 1.807) is 0 Å². The summed E-state index contributed by atoms with van der Waals surface area (Å²) in [6.45, 7) is 19.2. The van der Waals surface area contributed by atoms with Crippen molar-refractivity contribution in [3.8, 4) is 0 Å². The van der Waals surface area contributed by atoms with E-state index in [1.807, 2.05) is 0 Å². The smallest absolute Gasteiger partial charge is 0.0561 e. The highest BCUT2D eigenvalue weighted by Gasteiger charge is 2.31. The van der Waals surface area contributed by atoms with Crippen LogP contribution in [0.2, 0.25) is 13.1 Å². The van der Waals surface area contributed by atoms with Gasteiger partial charge in [-0.2, -0.15) is 0 Å². The molecule has 0 aromatic heterocycles. The summed E-state index contributed by atoms with van der Waals surface area (Å²) < 4.78 is 0. The van der Waals surface area contributed by atoms with Crippen molar-refractivity contribution in [2.45, 2.75) is 58.5 Å². The van der Waals surface area contributed by atoms with Gasteiger partial charge in [-0.05, 0) is 33.3 Å². The summed E-state index contributed by atoms with van der Waals surface area (Å²) in [5, 5.41) is 0. The minimum absolute atomic E-state index is 0.163. The van der Waals surface area contributed by atoms with Gasteiger partial charge < -0.3 is 0 Å². The summed E-state index contributed by atoms with van der Waals surface area (Å²) >= 11 is 0. The van der Waals surface area contributed by atoms with Crippen LogP contribution in [0.25, 0.3) is 0 Å². The molecule has 2 heteroatoms. The Bertz CT molecular complexity index is 403. The minimum atomic E-state index is -0.816. The maximum absolute atomic E-state index is 4.25. The van der Waals surface area contributed by atoms with Gasteiger partial charge in [-0.15, -0.1) is 0 Å². The third kappa shape index (κ3) is 4.63.